The average Bonchev–Trinajstić information content (AvgIpc) is 2.37. The second-order valence-corrected chi connectivity index (χ2v) is 4.76. The molecule has 0 aliphatic rings. The minimum Gasteiger partial charge on any atom is -0.483 e. The summed E-state index contributed by atoms with van der Waals surface area (Å²) in [5.41, 5.74) is 0.839. The van der Waals surface area contributed by atoms with Gasteiger partial charge in [-0.25, -0.2) is 8.78 Å². The molecule has 0 radical (unpaired) electrons. The van der Waals surface area contributed by atoms with Gasteiger partial charge in [0.25, 0.3) is 0 Å². The molecule has 0 aliphatic carbocycles. The van der Waals surface area contributed by atoms with Crippen molar-refractivity contribution in [3.05, 3.63) is 57.8 Å². The van der Waals surface area contributed by atoms with Crippen molar-refractivity contribution in [1.29, 1.82) is 0 Å². The molecule has 0 atom stereocenters. The summed E-state index contributed by atoms with van der Waals surface area (Å²) in [4.78, 5) is 3.92. The maximum absolute atomic E-state index is 13.6. The zero-order valence-corrected chi connectivity index (χ0v) is 11.3. The number of benzene rings is 1. The molecule has 0 saturated heterocycles. The molecule has 1 aromatic heterocycles. The smallest absolute Gasteiger partial charge is 0.191 e. The molecule has 2 aromatic rings. The Labute approximate surface area is 117 Å². The Morgan fingerprint density at radius 1 is 1.11 bits per heavy atom. The number of nitrogens with zero attached hydrogens (tertiary/aromatic N) is 1. The SMILES string of the molecule is OCc1cc(F)c(OCc2cncc(Br)c2)c(F)c1. The molecular weight excluding hydrogens is 320 g/mol. The molecule has 1 N–H and O–H groups in total. The van der Waals surface area contributed by atoms with E-state index in [2.05, 4.69) is 20.9 Å². The molecule has 2 rings (SSSR count). The second kappa shape index (κ2) is 6.08. The topological polar surface area (TPSA) is 42.4 Å². The average molecular weight is 330 g/mol. The predicted molar refractivity (Wildman–Crippen MR) is 68.5 cm³/mol. The summed E-state index contributed by atoms with van der Waals surface area (Å²) in [5, 5.41) is 8.83. The third kappa shape index (κ3) is 3.48. The summed E-state index contributed by atoms with van der Waals surface area (Å²) in [6.45, 7) is -0.428. The summed E-state index contributed by atoms with van der Waals surface area (Å²) in [7, 11) is 0. The lowest BCUT2D eigenvalue weighted by molar-refractivity contribution is 0.266. The van der Waals surface area contributed by atoms with Crippen LogP contribution >= 0.6 is 15.9 Å². The van der Waals surface area contributed by atoms with Crippen molar-refractivity contribution in [1.82, 2.24) is 4.98 Å². The molecule has 6 heteroatoms. The van der Waals surface area contributed by atoms with Crippen LogP contribution in [0.25, 0.3) is 0 Å². The summed E-state index contributed by atoms with van der Waals surface area (Å²) in [5.74, 6) is -2.14. The highest BCUT2D eigenvalue weighted by Gasteiger charge is 2.12. The van der Waals surface area contributed by atoms with Gasteiger partial charge in [-0.05, 0) is 39.7 Å². The van der Waals surface area contributed by atoms with Crippen molar-refractivity contribution in [2.24, 2.45) is 0 Å². The van der Waals surface area contributed by atoms with Gasteiger partial charge in [0, 0.05) is 22.4 Å². The Balaban J connectivity index is 2.16. The normalized spacial score (nSPS) is 10.5. The van der Waals surface area contributed by atoms with Gasteiger partial charge in [0.2, 0.25) is 0 Å². The maximum Gasteiger partial charge on any atom is 0.191 e. The van der Waals surface area contributed by atoms with Crippen molar-refractivity contribution in [2.75, 3.05) is 0 Å². The van der Waals surface area contributed by atoms with E-state index >= 15 is 0 Å². The Morgan fingerprint density at radius 3 is 2.37 bits per heavy atom. The van der Waals surface area contributed by atoms with Crippen LogP contribution in [0.1, 0.15) is 11.1 Å². The molecule has 0 aliphatic heterocycles. The number of halogens is 3. The number of hydrogen-bond donors (Lipinski definition) is 1. The van der Waals surface area contributed by atoms with Crippen LogP contribution in [0.3, 0.4) is 0 Å². The highest BCUT2D eigenvalue weighted by Crippen LogP contribution is 2.24. The lowest BCUT2D eigenvalue weighted by Gasteiger charge is -2.09. The van der Waals surface area contributed by atoms with E-state index in [0.29, 0.717) is 5.56 Å². The summed E-state index contributed by atoms with van der Waals surface area (Å²) in [6.07, 6.45) is 3.14. The van der Waals surface area contributed by atoms with E-state index < -0.39 is 24.0 Å². The van der Waals surface area contributed by atoms with Crippen LogP contribution in [0.2, 0.25) is 0 Å². The van der Waals surface area contributed by atoms with Crippen LogP contribution in [0.5, 0.6) is 5.75 Å². The predicted octanol–water partition coefficient (Wildman–Crippen LogP) is 3.19. The Hall–Kier alpha value is -1.53. The van der Waals surface area contributed by atoms with Gasteiger partial charge in [0.05, 0.1) is 6.61 Å². The van der Waals surface area contributed by atoms with Crippen molar-refractivity contribution >= 4 is 15.9 Å². The molecule has 0 unspecified atom stereocenters. The Kier molecular flexibility index (Phi) is 4.44. The van der Waals surface area contributed by atoms with E-state index in [1.165, 1.54) is 0 Å². The van der Waals surface area contributed by atoms with E-state index in [9.17, 15) is 8.78 Å². The first-order chi connectivity index (χ1) is 9.10. The lowest BCUT2D eigenvalue weighted by atomic mass is 10.2. The van der Waals surface area contributed by atoms with E-state index in [0.717, 1.165) is 16.6 Å². The van der Waals surface area contributed by atoms with Gasteiger partial charge < -0.3 is 9.84 Å². The molecule has 0 amide bonds. The van der Waals surface area contributed by atoms with Crippen molar-refractivity contribution in [3.63, 3.8) is 0 Å². The van der Waals surface area contributed by atoms with Gasteiger partial charge >= 0.3 is 0 Å². The molecule has 1 heterocycles. The number of aliphatic hydroxyl groups is 1. The second-order valence-electron chi connectivity index (χ2n) is 3.85. The van der Waals surface area contributed by atoms with E-state index in [1.54, 1.807) is 18.5 Å². The Bertz CT molecular complexity index is 570. The summed E-state index contributed by atoms with van der Waals surface area (Å²) in [6, 6.07) is 3.82. The maximum atomic E-state index is 13.6. The largest absolute Gasteiger partial charge is 0.483 e. The van der Waals surface area contributed by atoms with Gasteiger partial charge in [-0.3, -0.25) is 4.98 Å². The van der Waals surface area contributed by atoms with E-state index in [-0.39, 0.29) is 12.2 Å². The van der Waals surface area contributed by atoms with Gasteiger partial charge in [-0.15, -0.1) is 0 Å². The summed E-state index contributed by atoms with van der Waals surface area (Å²) < 4.78 is 33.0. The van der Waals surface area contributed by atoms with E-state index in [4.69, 9.17) is 9.84 Å². The number of ether oxygens (including phenoxy) is 1. The van der Waals surface area contributed by atoms with Crippen molar-refractivity contribution < 1.29 is 18.6 Å². The molecule has 0 fully saturated rings. The molecule has 0 bridgehead atoms. The first kappa shape index (κ1) is 13.9. The molecule has 19 heavy (non-hydrogen) atoms. The lowest BCUT2D eigenvalue weighted by Crippen LogP contribution is -2.01. The Morgan fingerprint density at radius 2 is 1.79 bits per heavy atom. The van der Waals surface area contributed by atoms with E-state index in [1.807, 2.05) is 0 Å². The molecule has 100 valence electrons. The van der Waals surface area contributed by atoms with Crippen LogP contribution in [-0.2, 0) is 13.2 Å². The highest BCUT2D eigenvalue weighted by atomic mass is 79.9. The van der Waals surface area contributed by atoms with Crippen LogP contribution in [-0.4, -0.2) is 10.1 Å². The zero-order chi connectivity index (χ0) is 13.8. The third-order valence-electron chi connectivity index (χ3n) is 2.39. The zero-order valence-electron chi connectivity index (χ0n) is 9.74. The van der Waals surface area contributed by atoms with Gasteiger partial charge in [-0.2, -0.15) is 0 Å². The van der Waals surface area contributed by atoms with Gasteiger partial charge in [-0.1, -0.05) is 0 Å². The van der Waals surface area contributed by atoms with Crippen molar-refractivity contribution in [2.45, 2.75) is 13.2 Å². The number of rotatable bonds is 4. The number of pyridine rings is 1. The quantitative estimate of drug-likeness (QED) is 0.936. The minimum absolute atomic E-state index is 0.00124. The fourth-order valence-corrected chi connectivity index (χ4v) is 1.94. The molecule has 3 nitrogen and oxygen atoms in total. The molecule has 0 spiro atoms. The van der Waals surface area contributed by atoms with Crippen LogP contribution in [0.4, 0.5) is 8.78 Å². The number of aromatic nitrogens is 1. The molecule has 0 saturated carbocycles. The molecular formula is C13H10BrF2NO2. The fraction of sp³-hybridized carbons (Fsp3) is 0.154. The monoisotopic (exact) mass is 329 g/mol. The first-order valence-corrected chi connectivity index (χ1v) is 6.20. The minimum atomic E-state index is -0.841. The first-order valence-electron chi connectivity index (χ1n) is 5.41. The summed E-state index contributed by atoms with van der Waals surface area (Å²) >= 11 is 3.24. The van der Waals surface area contributed by atoms with Crippen LogP contribution in [0, 0.1) is 11.6 Å². The number of aliphatic hydroxyl groups excluding tert-OH is 1. The molecule has 1 aromatic carbocycles. The highest BCUT2D eigenvalue weighted by molar-refractivity contribution is 9.10. The van der Waals surface area contributed by atoms with Crippen molar-refractivity contribution in [3.8, 4) is 5.75 Å². The van der Waals surface area contributed by atoms with Crippen LogP contribution in [0.15, 0.2) is 35.1 Å². The van der Waals surface area contributed by atoms with Gasteiger partial charge in [0.1, 0.15) is 6.61 Å². The number of hydrogen-bond acceptors (Lipinski definition) is 3. The van der Waals surface area contributed by atoms with Gasteiger partial charge in [0.15, 0.2) is 17.4 Å². The van der Waals surface area contributed by atoms with Crippen LogP contribution < -0.4 is 4.74 Å². The fourth-order valence-electron chi connectivity index (χ4n) is 1.53. The standard InChI is InChI=1S/C13H10BrF2NO2/c14-10-1-9(4-17-5-10)7-19-13-11(15)2-8(6-18)3-12(13)16/h1-5,18H,6-7H2. The third-order valence-corrected chi connectivity index (χ3v) is 2.82.